The number of halogens is 3. The standard InChI is InChI=1S/C25H25F3N4O3S/c1-2-35-24(34)19-14-20(17-6-4-3-5-7-17)36-23(19)30-22(33)16-31-10-12-32(13-11-31)21-9-8-18(15-29-21)25(26,27)28/h3-9,14-15H,2,10-13,16H2,1H3,(H,30,33). The van der Waals surface area contributed by atoms with Crippen molar-refractivity contribution in [3.8, 4) is 10.4 Å². The summed E-state index contributed by atoms with van der Waals surface area (Å²) in [6.45, 7) is 4.20. The second-order valence-electron chi connectivity index (χ2n) is 8.15. The van der Waals surface area contributed by atoms with E-state index >= 15 is 0 Å². The minimum atomic E-state index is -4.42. The predicted octanol–water partition coefficient (Wildman–Crippen LogP) is 4.77. The first-order chi connectivity index (χ1) is 17.2. The van der Waals surface area contributed by atoms with E-state index in [9.17, 15) is 22.8 Å². The summed E-state index contributed by atoms with van der Waals surface area (Å²) >= 11 is 1.31. The lowest BCUT2D eigenvalue weighted by atomic mass is 10.1. The summed E-state index contributed by atoms with van der Waals surface area (Å²) in [5.41, 5.74) is 0.460. The largest absolute Gasteiger partial charge is 0.462 e. The van der Waals surface area contributed by atoms with E-state index < -0.39 is 17.7 Å². The number of piperazine rings is 1. The molecular formula is C25H25F3N4O3S. The van der Waals surface area contributed by atoms with Crippen LogP contribution in [0.25, 0.3) is 10.4 Å². The first-order valence-electron chi connectivity index (χ1n) is 11.4. The van der Waals surface area contributed by atoms with Gasteiger partial charge in [-0.1, -0.05) is 30.3 Å². The topological polar surface area (TPSA) is 74.8 Å². The minimum Gasteiger partial charge on any atom is -0.462 e. The third-order valence-corrected chi connectivity index (χ3v) is 6.78. The Morgan fingerprint density at radius 3 is 2.42 bits per heavy atom. The summed E-state index contributed by atoms with van der Waals surface area (Å²) in [6.07, 6.45) is -3.59. The Labute approximate surface area is 210 Å². The van der Waals surface area contributed by atoms with E-state index in [-0.39, 0.29) is 19.1 Å². The Balaban J connectivity index is 1.36. The maximum Gasteiger partial charge on any atom is 0.417 e. The molecule has 0 radical (unpaired) electrons. The molecular weight excluding hydrogens is 493 g/mol. The molecule has 0 unspecified atom stereocenters. The number of ether oxygens (including phenoxy) is 1. The molecule has 1 amide bonds. The molecule has 190 valence electrons. The van der Waals surface area contributed by atoms with E-state index in [0.29, 0.717) is 42.6 Å². The summed E-state index contributed by atoms with van der Waals surface area (Å²) in [5, 5.41) is 3.29. The van der Waals surface area contributed by atoms with Gasteiger partial charge in [0, 0.05) is 37.3 Å². The monoisotopic (exact) mass is 518 g/mol. The van der Waals surface area contributed by atoms with Gasteiger partial charge in [-0.3, -0.25) is 9.69 Å². The molecule has 1 N–H and O–H groups in total. The molecule has 0 aliphatic carbocycles. The first-order valence-corrected chi connectivity index (χ1v) is 12.2. The molecule has 0 saturated carbocycles. The van der Waals surface area contributed by atoms with E-state index in [1.54, 1.807) is 13.0 Å². The summed E-state index contributed by atoms with van der Waals surface area (Å²) < 4.78 is 43.5. The lowest BCUT2D eigenvalue weighted by Gasteiger charge is -2.35. The normalized spacial score (nSPS) is 14.5. The third kappa shape index (κ3) is 6.21. The van der Waals surface area contributed by atoms with E-state index in [4.69, 9.17) is 4.74 Å². The molecule has 1 fully saturated rings. The number of nitrogens with zero attached hydrogens (tertiary/aromatic N) is 3. The van der Waals surface area contributed by atoms with Crippen molar-refractivity contribution >= 4 is 34.0 Å². The van der Waals surface area contributed by atoms with Crippen LogP contribution in [-0.4, -0.2) is 61.1 Å². The van der Waals surface area contributed by atoms with Gasteiger partial charge in [0.25, 0.3) is 0 Å². The van der Waals surface area contributed by atoms with Crippen molar-refractivity contribution < 1.29 is 27.5 Å². The van der Waals surface area contributed by atoms with Gasteiger partial charge >= 0.3 is 12.1 Å². The van der Waals surface area contributed by atoms with Crippen molar-refractivity contribution in [3.05, 3.63) is 65.9 Å². The van der Waals surface area contributed by atoms with Crippen molar-refractivity contribution in [2.24, 2.45) is 0 Å². The van der Waals surface area contributed by atoms with Gasteiger partial charge in [0.15, 0.2) is 0 Å². The average molecular weight is 519 g/mol. The van der Waals surface area contributed by atoms with Crippen molar-refractivity contribution in [2.75, 3.05) is 49.5 Å². The molecule has 3 aromatic rings. The van der Waals surface area contributed by atoms with Crippen molar-refractivity contribution in [2.45, 2.75) is 13.1 Å². The van der Waals surface area contributed by atoms with Crippen molar-refractivity contribution in [1.29, 1.82) is 0 Å². The van der Waals surface area contributed by atoms with Gasteiger partial charge in [0.2, 0.25) is 5.91 Å². The zero-order chi connectivity index (χ0) is 25.7. The number of carbonyl (C=O) groups is 2. The van der Waals surface area contributed by atoms with Crippen LogP contribution in [0.15, 0.2) is 54.7 Å². The number of rotatable bonds is 7. The highest BCUT2D eigenvalue weighted by Gasteiger charge is 2.31. The molecule has 7 nitrogen and oxygen atoms in total. The van der Waals surface area contributed by atoms with Gasteiger partial charge in [-0.15, -0.1) is 11.3 Å². The maximum absolute atomic E-state index is 12.8. The number of thiophene rings is 1. The van der Waals surface area contributed by atoms with Crippen LogP contribution in [0, 0.1) is 0 Å². The number of pyridine rings is 1. The van der Waals surface area contributed by atoms with Crippen LogP contribution in [0.3, 0.4) is 0 Å². The third-order valence-electron chi connectivity index (χ3n) is 5.68. The van der Waals surface area contributed by atoms with Gasteiger partial charge in [0.1, 0.15) is 10.8 Å². The van der Waals surface area contributed by atoms with Gasteiger partial charge < -0.3 is 15.0 Å². The number of hydrogen-bond donors (Lipinski definition) is 1. The fourth-order valence-corrected chi connectivity index (χ4v) is 4.90. The van der Waals surface area contributed by atoms with Gasteiger partial charge in [-0.05, 0) is 30.7 Å². The smallest absolute Gasteiger partial charge is 0.417 e. The quantitative estimate of drug-likeness (QED) is 0.455. The number of benzene rings is 1. The number of esters is 1. The Morgan fingerprint density at radius 2 is 1.81 bits per heavy atom. The predicted molar refractivity (Wildman–Crippen MR) is 132 cm³/mol. The Morgan fingerprint density at radius 1 is 1.08 bits per heavy atom. The highest BCUT2D eigenvalue weighted by Crippen LogP contribution is 2.36. The van der Waals surface area contributed by atoms with E-state index in [2.05, 4.69) is 10.3 Å². The number of aromatic nitrogens is 1. The first kappa shape index (κ1) is 25.6. The summed E-state index contributed by atoms with van der Waals surface area (Å²) in [5.74, 6) is -0.287. The van der Waals surface area contributed by atoms with Crippen LogP contribution < -0.4 is 10.2 Å². The SMILES string of the molecule is CCOC(=O)c1cc(-c2ccccc2)sc1NC(=O)CN1CCN(c2ccc(C(F)(F)F)cn2)CC1. The minimum absolute atomic E-state index is 0.120. The van der Waals surface area contributed by atoms with Crippen LogP contribution in [0.4, 0.5) is 24.0 Å². The molecule has 2 aromatic heterocycles. The number of nitrogens with one attached hydrogen (secondary N) is 1. The highest BCUT2D eigenvalue weighted by molar-refractivity contribution is 7.20. The number of anilines is 2. The van der Waals surface area contributed by atoms with Crippen LogP contribution in [0.2, 0.25) is 0 Å². The average Bonchev–Trinajstić information content (AvgIpc) is 3.28. The van der Waals surface area contributed by atoms with Crippen LogP contribution in [-0.2, 0) is 15.7 Å². The zero-order valence-electron chi connectivity index (χ0n) is 19.5. The Hall–Kier alpha value is -3.44. The number of hydrogen-bond acceptors (Lipinski definition) is 7. The maximum atomic E-state index is 12.8. The summed E-state index contributed by atoms with van der Waals surface area (Å²) in [7, 11) is 0. The molecule has 0 atom stereocenters. The molecule has 0 bridgehead atoms. The van der Waals surface area contributed by atoms with Crippen molar-refractivity contribution in [1.82, 2.24) is 9.88 Å². The highest BCUT2D eigenvalue weighted by atomic mass is 32.1. The lowest BCUT2D eigenvalue weighted by molar-refractivity contribution is -0.137. The number of amides is 1. The summed E-state index contributed by atoms with van der Waals surface area (Å²) in [6, 6.07) is 13.7. The molecule has 1 aromatic carbocycles. The molecule has 0 spiro atoms. The Kier molecular flexibility index (Phi) is 7.90. The molecule has 3 heterocycles. The molecule has 11 heteroatoms. The molecule has 1 saturated heterocycles. The molecule has 1 aliphatic rings. The van der Waals surface area contributed by atoms with E-state index in [1.807, 2.05) is 40.1 Å². The fraction of sp³-hybridized carbons (Fsp3) is 0.320. The van der Waals surface area contributed by atoms with E-state index in [1.165, 1.54) is 17.4 Å². The fourth-order valence-electron chi connectivity index (χ4n) is 3.83. The van der Waals surface area contributed by atoms with Gasteiger partial charge in [-0.25, -0.2) is 9.78 Å². The van der Waals surface area contributed by atoms with Gasteiger partial charge in [-0.2, -0.15) is 13.2 Å². The molecule has 1 aliphatic heterocycles. The number of alkyl halides is 3. The second-order valence-corrected chi connectivity index (χ2v) is 9.21. The zero-order valence-corrected chi connectivity index (χ0v) is 20.4. The van der Waals surface area contributed by atoms with Crippen molar-refractivity contribution in [3.63, 3.8) is 0 Å². The van der Waals surface area contributed by atoms with Crippen LogP contribution >= 0.6 is 11.3 Å². The summed E-state index contributed by atoms with van der Waals surface area (Å²) in [4.78, 5) is 33.9. The molecule has 36 heavy (non-hydrogen) atoms. The van der Waals surface area contributed by atoms with Gasteiger partial charge in [0.05, 0.1) is 24.3 Å². The van der Waals surface area contributed by atoms with Crippen LogP contribution in [0.1, 0.15) is 22.8 Å². The number of carbonyl (C=O) groups excluding carboxylic acids is 2. The lowest BCUT2D eigenvalue weighted by Crippen LogP contribution is -2.49. The van der Waals surface area contributed by atoms with E-state index in [0.717, 1.165) is 22.7 Å². The Bertz CT molecular complexity index is 1190. The van der Waals surface area contributed by atoms with Crippen LogP contribution in [0.5, 0.6) is 0 Å². The second kappa shape index (κ2) is 11.1. The molecule has 4 rings (SSSR count).